The van der Waals surface area contributed by atoms with Crippen molar-refractivity contribution in [2.45, 2.75) is 18.9 Å². The van der Waals surface area contributed by atoms with Crippen molar-refractivity contribution in [2.24, 2.45) is 12.8 Å². The molecule has 6 nitrogen and oxygen atoms in total. The third-order valence-electron chi connectivity index (χ3n) is 2.33. The van der Waals surface area contributed by atoms with E-state index in [9.17, 15) is 4.79 Å². The van der Waals surface area contributed by atoms with Crippen LogP contribution < -0.4 is 16.4 Å². The fourth-order valence-electron chi connectivity index (χ4n) is 1.39. The van der Waals surface area contributed by atoms with E-state index >= 15 is 0 Å². The number of hydrogen-bond donors (Lipinski definition) is 3. The van der Waals surface area contributed by atoms with Crippen molar-refractivity contribution >= 4 is 28.9 Å². The third kappa shape index (κ3) is 2.30. The molecule has 0 spiro atoms. The first-order valence-electron chi connectivity index (χ1n) is 4.97. The summed E-state index contributed by atoms with van der Waals surface area (Å²) in [6.07, 6.45) is 3.80. The summed E-state index contributed by atoms with van der Waals surface area (Å²) in [6.45, 7) is 0. The number of hydrogen-bond acceptors (Lipinski definition) is 3. The normalized spacial score (nSPS) is 14.6. The van der Waals surface area contributed by atoms with Gasteiger partial charge in [0.2, 0.25) is 0 Å². The lowest BCUT2D eigenvalue weighted by atomic mass is 10.3. The Balaban J connectivity index is 2.07. The fraction of sp³-hybridized carbons (Fsp3) is 0.444. The molecule has 0 aliphatic heterocycles. The quantitative estimate of drug-likeness (QED) is 0.645. The standard InChI is InChI=1S/C9H13N5OS/c1-14-7(8(10)15)6(4-11-14)13-9(16)12-5-2-3-5/h4-5H,2-3H2,1H3,(H2,10,15)(H2,12,13,16). The van der Waals surface area contributed by atoms with Crippen LogP contribution in [-0.2, 0) is 7.05 Å². The van der Waals surface area contributed by atoms with E-state index < -0.39 is 5.91 Å². The van der Waals surface area contributed by atoms with Crippen LogP contribution in [0.3, 0.4) is 0 Å². The SMILES string of the molecule is Cn1ncc(NC(=S)NC2CC2)c1C(N)=O. The molecule has 0 aromatic carbocycles. The Morgan fingerprint density at radius 2 is 2.38 bits per heavy atom. The van der Waals surface area contributed by atoms with Crippen LogP contribution in [0.1, 0.15) is 23.3 Å². The van der Waals surface area contributed by atoms with Gasteiger partial charge in [-0.05, 0) is 25.1 Å². The minimum absolute atomic E-state index is 0.319. The van der Waals surface area contributed by atoms with Crippen molar-refractivity contribution in [3.63, 3.8) is 0 Å². The van der Waals surface area contributed by atoms with E-state index in [0.29, 0.717) is 22.5 Å². The largest absolute Gasteiger partial charge is 0.364 e. The highest BCUT2D eigenvalue weighted by Crippen LogP contribution is 2.19. The molecule has 4 N–H and O–H groups in total. The molecule has 2 rings (SSSR count). The van der Waals surface area contributed by atoms with Crippen LogP contribution in [0.2, 0.25) is 0 Å². The fourth-order valence-corrected chi connectivity index (χ4v) is 1.67. The van der Waals surface area contributed by atoms with Crippen LogP contribution in [0.15, 0.2) is 6.20 Å². The zero-order chi connectivity index (χ0) is 11.7. The van der Waals surface area contributed by atoms with E-state index in [-0.39, 0.29) is 0 Å². The number of nitrogens with zero attached hydrogens (tertiary/aromatic N) is 2. The average molecular weight is 239 g/mol. The molecule has 1 aliphatic carbocycles. The summed E-state index contributed by atoms with van der Waals surface area (Å²) in [5, 5.41) is 10.5. The molecule has 7 heteroatoms. The Hall–Kier alpha value is -1.63. The van der Waals surface area contributed by atoms with Crippen LogP contribution in [0, 0.1) is 0 Å². The lowest BCUT2D eigenvalue weighted by molar-refractivity contribution is 0.0992. The number of rotatable bonds is 3. The van der Waals surface area contributed by atoms with Gasteiger partial charge in [0.05, 0.1) is 11.9 Å². The molecule has 1 heterocycles. The summed E-state index contributed by atoms with van der Waals surface area (Å²) in [7, 11) is 1.66. The van der Waals surface area contributed by atoms with Gasteiger partial charge < -0.3 is 16.4 Å². The predicted molar refractivity (Wildman–Crippen MR) is 64.1 cm³/mol. The molecule has 1 aromatic heterocycles. The van der Waals surface area contributed by atoms with Crippen LogP contribution >= 0.6 is 12.2 Å². The molecule has 0 radical (unpaired) electrons. The monoisotopic (exact) mass is 239 g/mol. The van der Waals surface area contributed by atoms with Gasteiger partial charge in [-0.3, -0.25) is 9.48 Å². The topological polar surface area (TPSA) is 85.0 Å². The molecule has 86 valence electrons. The summed E-state index contributed by atoms with van der Waals surface area (Å²) in [5.74, 6) is -0.531. The first kappa shape index (κ1) is 10.9. The second-order valence-electron chi connectivity index (χ2n) is 3.77. The van der Waals surface area contributed by atoms with Crippen molar-refractivity contribution in [3.05, 3.63) is 11.9 Å². The molecule has 0 atom stereocenters. The van der Waals surface area contributed by atoms with Crippen LogP contribution in [-0.4, -0.2) is 26.8 Å². The van der Waals surface area contributed by atoms with E-state index in [4.69, 9.17) is 18.0 Å². The minimum atomic E-state index is -0.531. The summed E-state index contributed by atoms with van der Waals surface area (Å²) in [5.41, 5.74) is 6.10. The van der Waals surface area contributed by atoms with E-state index in [2.05, 4.69) is 15.7 Å². The second kappa shape index (κ2) is 4.09. The van der Waals surface area contributed by atoms with E-state index in [1.165, 1.54) is 10.9 Å². The van der Waals surface area contributed by atoms with Gasteiger partial charge in [-0.1, -0.05) is 0 Å². The zero-order valence-electron chi connectivity index (χ0n) is 8.86. The molecule has 1 saturated carbocycles. The maximum Gasteiger partial charge on any atom is 0.269 e. The highest BCUT2D eigenvalue weighted by molar-refractivity contribution is 7.80. The lowest BCUT2D eigenvalue weighted by Gasteiger charge is -2.08. The molecular weight excluding hydrogens is 226 g/mol. The molecule has 16 heavy (non-hydrogen) atoms. The molecular formula is C9H13N5OS. The lowest BCUT2D eigenvalue weighted by Crippen LogP contribution is -2.31. The van der Waals surface area contributed by atoms with Gasteiger partial charge in [0.15, 0.2) is 5.11 Å². The van der Waals surface area contributed by atoms with Gasteiger partial charge >= 0.3 is 0 Å². The Labute approximate surface area is 98.2 Å². The summed E-state index contributed by atoms with van der Waals surface area (Å²) in [4.78, 5) is 11.2. The summed E-state index contributed by atoms with van der Waals surface area (Å²) < 4.78 is 1.42. The number of carbonyl (C=O) groups is 1. The zero-order valence-corrected chi connectivity index (χ0v) is 9.67. The number of nitrogens with one attached hydrogen (secondary N) is 2. The summed E-state index contributed by atoms with van der Waals surface area (Å²) in [6, 6.07) is 0.466. The number of primary amides is 1. The van der Waals surface area contributed by atoms with E-state index in [1.54, 1.807) is 7.05 Å². The molecule has 1 aromatic rings. The van der Waals surface area contributed by atoms with Crippen LogP contribution in [0.4, 0.5) is 5.69 Å². The highest BCUT2D eigenvalue weighted by atomic mass is 32.1. The van der Waals surface area contributed by atoms with Crippen LogP contribution in [0.5, 0.6) is 0 Å². The van der Waals surface area contributed by atoms with Crippen molar-refractivity contribution in [1.82, 2.24) is 15.1 Å². The Bertz CT molecular complexity index is 437. The van der Waals surface area contributed by atoms with Crippen molar-refractivity contribution in [2.75, 3.05) is 5.32 Å². The second-order valence-corrected chi connectivity index (χ2v) is 4.18. The molecule has 1 fully saturated rings. The maximum atomic E-state index is 11.2. The first-order valence-corrected chi connectivity index (χ1v) is 5.38. The molecule has 0 bridgehead atoms. The van der Waals surface area contributed by atoms with Gasteiger partial charge in [0.1, 0.15) is 5.69 Å². The van der Waals surface area contributed by atoms with Gasteiger partial charge in [-0.15, -0.1) is 0 Å². The maximum absolute atomic E-state index is 11.2. The Kier molecular flexibility index (Phi) is 2.78. The van der Waals surface area contributed by atoms with Crippen molar-refractivity contribution < 1.29 is 4.79 Å². The molecule has 0 unspecified atom stereocenters. The Morgan fingerprint density at radius 3 is 2.94 bits per heavy atom. The van der Waals surface area contributed by atoms with Crippen LogP contribution in [0.25, 0.3) is 0 Å². The predicted octanol–water partition coefficient (Wildman–Crippen LogP) is -0.0322. The average Bonchev–Trinajstić information content (AvgIpc) is 2.90. The van der Waals surface area contributed by atoms with Crippen molar-refractivity contribution in [3.8, 4) is 0 Å². The molecule has 1 aliphatic rings. The number of anilines is 1. The first-order chi connectivity index (χ1) is 7.58. The number of aryl methyl sites for hydroxylation is 1. The Morgan fingerprint density at radius 1 is 1.69 bits per heavy atom. The number of amides is 1. The van der Waals surface area contributed by atoms with Gasteiger partial charge in [0, 0.05) is 13.1 Å². The van der Waals surface area contributed by atoms with Gasteiger partial charge in [0.25, 0.3) is 5.91 Å². The number of aromatic nitrogens is 2. The van der Waals surface area contributed by atoms with E-state index in [1.807, 2.05) is 0 Å². The third-order valence-corrected chi connectivity index (χ3v) is 2.55. The summed E-state index contributed by atoms with van der Waals surface area (Å²) >= 11 is 5.10. The van der Waals surface area contributed by atoms with Gasteiger partial charge in [-0.25, -0.2) is 0 Å². The highest BCUT2D eigenvalue weighted by Gasteiger charge is 2.22. The number of nitrogens with two attached hydrogens (primary N) is 1. The van der Waals surface area contributed by atoms with Crippen molar-refractivity contribution in [1.29, 1.82) is 0 Å². The number of thiocarbonyl (C=S) groups is 1. The number of carbonyl (C=O) groups excluding carboxylic acids is 1. The molecule has 1 amide bonds. The van der Waals surface area contributed by atoms with E-state index in [0.717, 1.165) is 12.8 Å². The minimum Gasteiger partial charge on any atom is -0.364 e. The van der Waals surface area contributed by atoms with Gasteiger partial charge in [-0.2, -0.15) is 5.10 Å². The molecule has 0 saturated heterocycles. The smallest absolute Gasteiger partial charge is 0.269 e.